The van der Waals surface area contributed by atoms with Crippen LogP contribution in [0.15, 0.2) is 42.0 Å². The molecule has 6 heteroatoms. The fourth-order valence-electron chi connectivity index (χ4n) is 3.69. The van der Waals surface area contributed by atoms with Gasteiger partial charge in [0.25, 0.3) is 0 Å². The van der Waals surface area contributed by atoms with Gasteiger partial charge in [-0.05, 0) is 69.4 Å². The monoisotopic (exact) mass is 397 g/mol. The van der Waals surface area contributed by atoms with Crippen molar-refractivity contribution in [2.24, 2.45) is 0 Å². The molecule has 3 heterocycles. The van der Waals surface area contributed by atoms with Gasteiger partial charge in [-0.25, -0.2) is 0 Å². The number of hydrogen-bond donors (Lipinski definition) is 0. The second kappa shape index (κ2) is 6.91. The molecule has 2 aliphatic rings. The Morgan fingerprint density at radius 3 is 2.50 bits per heavy atom. The van der Waals surface area contributed by atoms with Crippen LogP contribution in [0.1, 0.15) is 57.9 Å². The first-order valence-corrected chi connectivity index (χ1v) is 10.1. The smallest absolute Gasteiger partial charge is 0.487 e. The lowest BCUT2D eigenvalue weighted by atomic mass is 9.70. The molecule has 2 aromatic rings. The van der Waals surface area contributed by atoms with Crippen molar-refractivity contribution in [1.82, 2.24) is 4.98 Å². The van der Waals surface area contributed by atoms with Gasteiger partial charge in [0, 0.05) is 22.3 Å². The van der Waals surface area contributed by atoms with E-state index in [4.69, 9.17) is 25.6 Å². The zero-order chi connectivity index (χ0) is 20.1. The third-order valence-electron chi connectivity index (χ3n) is 5.98. The van der Waals surface area contributed by atoms with Crippen molar-refractivity contribution in [3.05, 3.63) is 63.8 Å². The van der Waals surface area contributed by atoms with Crippen LogP contribution in [0.3, 0.4) is 0 Å². The van der Waals surface area contributed by atoms with Crippen molar-refractivity contribution < 1.29 is 14.0 Å². The molecule has 0 aliphatic carbocycles. The first-order chi connectivity index (χ1) is 13.2. The van der Waals surface area contributed by atoms with Crippen molar-refractivity contribution in [1.29, 1.82) is 0 Å². The summed E-state index contributed by atoms with van der Waals surface area (Å²) in [5, 5.41) is 0.644. The maximum Gasteiger partial charge on any atom is 0.491 e. The fourth-order valence-corrected chi connectivity index (χ4v) is 3.85. The van der Waals surface area contributed by atoms with Gasteiger partial charge in [0.2, 0.25) is 0 Å². The van der Waals surface area contributed by atoms with Crippen LogP contribution in [0, 0.1) is 0 Å². The number of pyridine rings is 1. The van der Waals surface area contributed by atoms with E-state index < -0.39 is 18.3 Å². The Bertz CT molecular complexity index is 939. The number of halogens is 1. The summed E-state index contributed by atoms with van der Waals surface area (Å²) >= 11 is 6.24. The summed E-state index contributed by atoms with van der Waals surface area (Å²) in [5.74, 6) is 0.753. The predicted molar refractivity (Wildman–Crippen MR) is 112 cm³/mol. The summed E-state index contributed by atoms with van der Waals surface area (Å²) in [6.45, 7) is 10.8. The van der Waals surface area contributed by atoms with E-state index in [1.807, 2.05) is 24.3 Å². The van der Waals surface area contributed by atoms with Crippen LogP contribution >= 0.6 is 11.6 Å². The van der Waals surface area contributed by atoms with Crippen LogP contribution in [0.25, 0.3) is 5.57 Å². The first-order valence-electron chi connectivity index (χ1n) is 9.69. The zero-order valence-corrected chi connectivity index (χ0v) is 17.8. The third-order valence-corrected chi connectivity index (χ3v) is 6.21. The Labute approximate surface area is 172 Å². The van der Waals surface area contributed by atoms with Crippen LogP contribution in [0.2, 0.25) is 5.02 Å². The van der Waals surface area contributed by atoms with E-state index in [-0.39, 0.29) is 0 Å². The highest BCUT2D eigenvalue weighted by atomic mass is 35.5. The van der Waals surface area contributed by atoms with Crippen molar-refractivity contribution in [2.75, 3.05) is 0 Å². The van der Waals surface area contributed by atoms with Crippen molar-refractivity contribution in [3.63, 3.8) is 0 Å². The molecule has 4 nitrogen and oxygen atoms in total. The Morgan fingerprint density at radius 2 is 1.82 bits per heavy atom. The Kier molecular flexibility index (Phi) is 4.81. The number of benzene rings is 1. The van der Waals surface area contributed by atoms with Crippen LogP contribution in [-0.4, -0.2) is 23.3 Å². The molecular weight excluding hydrogens is 373 g/mol. The molecule has 1 fully saturated rings. The topological polar surface area (TPSA) is 40.6 Å². The van der Waals surface area contributed by atoms with E-state index in [2.05, 4.69) is 45.7 Å². The number of rotatable bonds is 2. The minimum atomic E-state index is -0.431. The molecule has 146 valence electrons. The number of aromatic nitrogens is 1. The molecule has 0 N–H and O–H groups in total. The SMILES string of the molecule is CC/C(B1OC(C)(C)C(C)(C)O1)=C1\c2ccc(Cl)cc2OCc2ncccc21. The normalized spacial score (nSPS) is 21.4. The molecule has 0 atom stereocenters. The third kappa shape index (κ3) is 3.16. The molecule has 0 spiro atoms. The molecule has 0 radical (unpaired) electrons. The summed E-state index contributed by atoms with van der Waals surface area (Å²) in [7, 11) is -0.431. The van der Waals surface area contributed by atoms with Crippen molar-refractivity contribution in [3.8, 4) is 5.75 Å². The van der Waals surface area contributed by atoms with E-state index >= 15 is 0 Å². The summed E-state index contributed by atoms with van der Waals surface area (Å²) in [5.41, 5.74) is 4.28. The van der Waals surface area contributed by atoms with Gasteiger partial charge in [0.05, 0.1) is 16.9 Å². The van der Waals surface area contributed by atoms with E-state index in [9.17, 15) is 0 Å². The minimum absolute atomic E-state index is 0.396. The fraction of sp³-hybridized carbons (Fsp3) is 0.409. The lowest BCUT2D eigenvalue weighted by Crippen LogP contribution is -2.41. The molecule has 2 aliphatic heterocycles. The minimum Gasteiger partial charge on any atom is -0.487 e. The second-order valence-electron chi connectivity index (χ2n) is 8.27. The molecule has 1 aromatic carbocycles. The maximum absolute atomic E-state index is 6.40. The molecule has 1 aromatic heterocycles. The van der Waals surface area contributed by atoms with Gasteiger partial charge in [0.1, 0.15) is 12.4 Å². The number of allylic oxidation sites excluding steroid dienone is 1. The van der Waals surface area contributed by atoms with Crippen molar-refractivity contribution in [2.45, 2.75) is 58.8 Å². The molecule has 0 bridgehead atoms. The Morgan fingerprint density at radius 1 is 1.11 bits per heavy atom. The molecule has 4 rings (SSSR count). The van der Waals surface area contributed by atoms with Crippen LogP contribution in [0.4, 0.5) is 0 Å². The summed E-state index contributed by atoms with van der Waals surface area (Å²) in [6.07, 6.45) is 2.58. The van der Waals surface area contributed by atoms with Crippen LogP contribution in [0.5, 0.6) is 5.75 Å². The summed E-state index contributed by atoms with van der Waals surface area (Å²) in [4.78, 5) is 4.56. The van der Waals surface area contributed by atoms with Gasteiger partial charge in [-0.1, -0.05) is 24.6 Å². The van der Waals surface area contributed by atoms with Gasteiger partial charge in [-0.15, -0.1) is 0 Å². The average molecular weight is 398 g/mol. The lowest BCUT2D eigenvalue weighted by Gasteiger charge is -2.32. The Balaban J connectivity index is 1.96. The largest absolute Gasteiger partial charge is 0.491 e. The van der Waals surface area contributed by atoms with Gasteiger partial charge in [-0.2, -0.15) is 0 Å². The van der Waals surface area contributed by atoms with Crippen molar-refractivity contribution >= 4 is 24.3 Å². The average Bonchev–Trinajstić information content (AvgIpc) is 2.77. The molecule has 0 unspecified atom stereocenters. The van der Waals surface area contributed by atoms with E-state index in [0.717, 1.165) is 40.0 Å². The predicted octanol–water partition coefficient (Wildman–Crippen LogP) is 5.47. The molecule has 1 saturated heterocycles. The molecule has 0 amide bonds. The van der Waals surface area contributed by atoms with Gasteiger partial charge in [-0.3, -0.25) is 4.98 Å². The number of fused-ring (bicyclic) bond motifs is 2. The first kappa shape index (κ1) is 19.5. The van der Waals surface area contributed by atoms with E-state index in [0.29, 0.717) is 11.6 Å². The number of nitrogens with zero attached hydrogens (tertiary/aromatic N) is 1. The van der Waals surface area contributed by atoms with Crippen LogP contribution in [-0.2, 0) is 15.9 Å². The highest BCUT2D eigenvalue weighted by Crippen LogP contribution is 2.44. The van der Waals surface area contributed by atoms with E-state index in [1.54, 1.807) is 6.20 Å². The second-order valence-corrected chi connectivity index (χ2v) is 8.71. The molecule has 0 saturated carbocycles. The Hall–Kier alpha value is -1.82. The standard InChI is InChI=1S/C22H25BClNO3/c1-6-17(23-27-21(2,3)22(4,5)28-23)20-15-8-7-11-25-18(15)13-26-19-12-14(24)9-10-16(19)20/h7-12H,6,13H2,1-5H3/b20-17+. The van der Waals surface area contributed by atoms with Gasteiger partial charge < -0.3 is 14.0 Å². The highest BCUT2D eigenvalue weighted by molar-refractivity contribution is 6.56. The lowest BCUT2D eigenvalue weighted by molar-refractivity contribution is 0.00578. The van der Waals surface area contributed by atoms with Gasteiger partial charge in [0.15, 0.2) is 0 Å². The van der Waals surface area contributed by atoms with E-state index in [1.165, 1.54) is 0 Å². The maximum atomic E-state index is 6.40. The molecular formula is C22H25BClNO3. The quantitative estimate of drug-likeness (QED) is 0.630. The number of hydrogen-bond acceptors (Lipinski definition) is 4. The number of ether oxygens (including phenoxy) is 1. The summed E-state index contributed by atoms with van der Waals surface area (Å²) in [6, 6.07) is 9.81. The van der Waals surface area contributed by atoms with Crippen LogP contribution < -0.4 is 4.74 Å². The zero-order valence-electron chi connectivity index (χ0n) is 17.0. The molecule has 28 heavy (non-hydrogen) atoms. The van der Waals surface area contributed by atoms with Gasteiger partial charge >= 0.3 is 7.12 Å². The highest BCUT2D eigenvalue weighted by Gasteiger charge is 2.52. The summed E-state index contributed by atoms with van der Waals surface area (Å²) < 4.78 is 18.9.